The molecule has 0 aliphatic rings. The Morgan fingerprint density at radius 3 is 2.58 bits per heavy atom. The van der Waals surface area contributed by atoms with E-state index in [0.717, 1.165) is 22.6 Å². The average Bonchev–Trinajstić information content (AvgIpc) is 3.04. The molecular formula is C21H16FN3O. The van der Waals surface area contributed by atoms with Gasteiger partial charge in [0.1, 0.15) is 23.2 Å². The van der Waals surface area contributed by atoms with Gasteiger partial charge < -0.3 is 4.74 Å². The molecule has 0 N–H and O–H groups in total. The highest BCUT2D eigenvalue weighted by Gasteiger charge is 2.12. The fourth-order valence-corrected chi connectivity index (χ4v) is 2.80. The van der Waals surface area contributed by atoms with Crippen molar-refractivity contribution in [3.8, 4) is 11.6 Å². The number of hydrogen-bond donors (Lipinski definition) is 0. The maximum atomic E-state index is 13.6. The number of methoxy groups -OCH3 is 1. The molecule has 4 nitrogen and oxygen atoms in total. The van der Waals surface area contributed by atoms with Crippen LogP contribution in [0.1, 0.15) is 11.4 Å². The molecule has 0 amide bonds. The number of hydrogen-bond acceptors (Lipinski definition) is 3. The summed E-state index contributed by atoms with van der Waals surface area (Å²) in [7, 11) is 1.64. The summed E-state index contributed by atoms with van der Waals surface area (Å²) in [4.78, 5) is 8.98. The molecule has 4 rings (SSSR count). The molecule has 0 aliphatic heterocycles. The first-order valence-electron chi connectivity index (χ1n) is 8.16. The third-order valence-corrected chi connectivity index (χ3v) is 4.06. The highest BCUT2D eigenvalue weighted by molar-refractivity contribution is 5.81. The molecule has 0 saturated heterocycles. The predicted molar refractivity (Wildman–Crippen MR) is 101 cm³/mol. The number of halogens is 1. The zero-order chi connectivity index (χ0) is 17.9. The van der Waals surface area contributed by atoms with Crippen LogP contribution in [0.3, 0.4) is 0 Å². The van der Waals surface area contributed by atoms with E-state index in [1.807, 2.05) is 59.2 Å². The molecule has 0 saturated carbocycles. The van der Waals surface area contributed by atoms with Gasteiger partial charge in [-0.2, -0.15) is 0 Å². The molecule has 2 aromatic heterocycles. The van der Waals surface area contributed by atoms with Crippen molar-refractivity contribution < 1.29 is 9.13 Å². The highest BCUT2D eigenvalue weighted by Crippen LogP contribution is 2.23. The first-order valence-corrected chi connectivity index (χ1v) is 8.16. The lowest BCUT2D eigenvalue weighted by atomic mass is 10.2. The molecule has 5 heteroatoms. The molecule has 4 aromatic rings. The summed E-state index contributed by atoms with van der Waals surface area (Å²) < 4.78 is 20.7. The van der Waals surface area contributed by atoms with Crippen molar-refractivity contribution in [2.24, 2.45) is 0 Å². The molecule has 26 heavy (non-hydrogen) atoms. The van der Waals surface area contributed by atoms with Gasteiger partial charge in [-0.3, -0.25) is 4.57 Å². The summed E-state index contributed by atoms with van der Waals surface area (Å²) in [5.41, 5.74) is 2.40. The number of imidazole rings is 1. The number of fused-ring (bicyclic) bond motifs is 1. The summed E-state index contributed by atoms with van der Waals surface area (Å²) in [5, 5.41) is 0. The number of nitrogens with zero attached hydrogens (tertiary/aromatic N) is 3. The Bertz CT molecular complexity index is 1070. The quantitative estimate of drug-likeness (QED) is 0.536. The second kappa shape index (κ2) is 6.80. The van der Waals surface area contributed by atoms with Crippen LogP contribution >= 0.6 is 0 Å². The average molecular weight is 345 g/mol. The minimum absolute atomic E-state index is 0.311. The van der Waals surface area contributed by atoms with Crippen LogP contribution in [-0.2, 0) is 0 Å². The number of rotatable bonds is 4. The van der Waals surface area contributed by atoms with Gasteiger partial charge in [-0.1, -0.05) is 24.3 Å². The first-order chi connectivity index (χ1) is 12.7. The van der Waals surface area contributed by atoms with E-state index in [1.54, 1.807) is 19.4 Å². The lowest BCUT2D eigenvalue weighted by Gasteiger charge is -2.05. The van der Waals surface area contributed by atoms with E-state index in [-0.39, 0.29) is 5.82 Å². The van der Waals surface area contributed by atoms with Crippen LogP contribution in [0.15, 0.2) is 66.9 Å². The van der Waals surface area contributed by atoms with Crippen LogP contribution in [0.5, 0.6) is 5.75 Å². The van der Waals surface area contributed by atoms with E-state index in [2.05, 4.69) is 9.97 Å². The number of aromatic nitrogens is 3. The molecule has 0 bridgehead atoms. The molecular weight excluding hydrogens is 329 g/mol. The second-order valence-electron chi connectivity index (χ2n) is 5.73. The van der Waals surface area contributed by atoms with Gasteiger partial charge >= 0.3 is 0 Å². The molecule has 0 atom stereocenters. The third kappa shape index (κ3) is 3.07. The molecule has 0 spiro atoms. The normalized spacial score (nSPS) is 11.3. The van der Waals surface area contributed by atoms with Gasteiger partial charge in [0.05, 0.1) is 18.1 Å². The lowest BCUT2D eigenvalue weighted by Crippen LogP contribution is -1.99. The summed E-state index contributed by atoms with van der Waals surface area (Å²) in [6, 6.07) is 18.0. The van der Waals surface area contributed by atoms with Crippen LogP contribution in [0.25, 0.3) is 29.0 Å². The van der Waals surface area contributed by atoms with Gasteiger partial charge in [0.15, 0.2) is 0 Å². The number of pyridine rings is 1. The van der Waals surface area contributed by atoms with E-state index in [9.17, 15) is 4.39 Å². The van der Waals surface area contributed by atoms with Crippen molar-refractivity contribution in [2.45, 2.75) is 0 Å². The van der Waals surface area contributed by atoms with E-state index in [4.69, 9.17) is 4.74 Å². The Morgan fingerprint density at radius 2 is 1.85 bits per heavy atom. The van der Waals surface area contributed by atoms with Crippen molar-refractivity contribution >= 4 is 23.2 Å². The van der Waals surface area contributed by atoms with Crippen molar-refractivity contribution in [1.82, 2.24) is 14.5 Å². The zero-order valence-electron chi connectivity index (χ0n) is 14.1. The third-order valence-electron chi connectivity index (χ3n) is 4.06. The molecule has 0 radical (unpaired) electrons. The maximum Gasteiger partial charge on any atom is 0.139 e. The van der Waals surface area contributed by atoms with E-state index in [1.165, 1.54) is 12.1 Å². The minimum Gasteiger partial charge on any atom is -0.497 e. The van der Waals surface area contributed by atoms with Crippen LogP contribution in [0, 0.1) is 5.82 Å². The Morgan fingerprint density at radius 1 is 1.00 bits per heavy atom. The van der Waals surface area contributed by atoms with Crippen molar-refractivity contribution in [3.63, 3.8) is 0 Å². The fraction of sp³-hybridized carbons (Fsp3) is 0.0476. The van der Waals surface area contributed by atoms with E-state index >= 15 is 0 Å². The summed E-state index contributed by atoms with van der Waals surface area (Å²) in [6.45, 7) is 0. The molecule has 0 unspecified atom stereocenters. The minimum atomic E-state index is -0.311. The first kappa shape index (κ1) is 16.0. The molecule has 128 valence electrons. The van der Waals surface area contributed by atoms with Gasteiger partial charge in [0, 0.05) is 12.3 Å². The summed E-state index contributed by atoms with van der Waals surface area (Å²) in [6.07, 6.45) is 5.58. The highest BCUT2D eigenvalue weighted by atomic mass is 19.1. The standard InChI is InChI=1S/C21H16FN3O/c1-26-17-9-5-15(6-10-17)7-12-21-24-18-14-16(22)8-11-19(18)25(21)20-4-2-3-13-23-20/h2-14H,1H3. The van der Waals surface area contributed by atoms with Crippen molar-refractivity contribution in [3.05, 3.63) is 84.1 Å². The molecule has 0 fully saturated rings. The molecule has 2 aromatic carbocycles. The molecule has 2 heterocycles. The fourth-order valence-electron chi connectivity index (χ4n) is 2.80. The summed E-state index contributed by atoms with van der Waals surface area (Å²) in [5.74, 6) is 1.91. The Kier molecular flexibility index (Phi) is 4.19. The predicted octanol–water partition coefficient (Wildman–Crippen LogP) is 4.74. The van der Waals surface area contributed by atoms with Gasteiger partial charge in [0.2, 0.25) is 0 Å². The Labute approximate surface area is 150 Å². The maximum absolute atomic E-state index is 13.6. The van der Waals surface area contributed by atoms with Crippen LogP contribution in [-0.4, -0.2) is 21.6 Å². The molecule has 0 aliphatic carbocycles. The van der Waals surface area contributed by atoms with E-state index in [0.29, 0.717) is 11.3 Å². The Hall–Kier alpha value is -3.47. The van der Waals surface area contributed by atoms with Gasteiger partial charge in [0.25, 0.3) is 0 Å². The van der Waals surface area contributed by atoms with Gasteiger partial charge in [-0.15, -0.1) is 0 Å². The Balaban J connectivity index is 1.81. The van der Waals surface area contributed by atoms with Crippen LogP contribution < -0.4 is 4.74 Å². The summed E-state index contributed by atoms with van der Waals surface area (Å²) >= 11 is 0. The topological polar surface area (TPSA) is 39.9 Å². The second-order valence-corrected chi connectivity index (χ2v) is 5.73. The largest absolute Gasteiger partial charge is 0.497 e. The number of ether oxygens (including phenoxy) is 1. The van der Waals surface area contributed by atoms with Gasteiger partial charge in [-0.05, 0) is 48.0 Å². The SMILES string of the molecule is COc1ccc(C=Cc2nc3cc(F)ccc3n2-c2ccccn2)cc1. The van der Waals surface area contributed by atoms with Crippen LogP contribution in [0.4, 0.5) is 4.39 Å². The zero-order valence-corrected chi connectivity index (χ0v) is 14.1. The number of benzene rings is 2. The lowest BCUT2D eigenvalue weighted by molar-refractivity contribution is 0.415. The van der Waals surface area contributed by atoms with Crippen molar-refractivity contribution in [2.75, 3.05) is 7.11 Å². The van der Waals surface area contributed by atoms with Crippen molar-refractivity contribution in [1.29, 1.82) is 0 Å². The van der Waals surface area contributed by atoms with Crippen LogP contribution in [0.2, 0.25) is 0 Å². The monoisotopic (exact) mass is 345 g/mol. The smallest absolute Gasteiger partial charge is 0.139 e. The van der Waals surface area contributed by atoms with E-state index < -0.39 is 0 Å². The van der Waals surface area contributed by atoms with Gasteiger partial charge in [-0.25, -0.2) is 14.4 Å².